The van der Waals surface area contributed by atoms with Crippen LogP contribution >= 0.6 is 11.6 Å². The van der Waals surface area contributed by atoms with Crippen molar-refractivity contribution in [1.82, 2.24) is 5.32 Å². The lowest BCUT2D eigenvalue weighted by atomic mass is 10.1. The predicted molar refractivity (Wildman–Crippen MR) is 89.5 cm³/mol. The fraction of sp³-hybridized carbons (Fsp3) is 0.278. The summed E-state index contributed by atoms with van der Waals surface area (Å²) in [5.74, 6) is 0.594. The van der Waals surface area contributed by atoms with Crippen LogP contribution in [0.25, 0.3) is 0 Å². The largest absolute Gasteiger partial charge is 0.491 e. The van der Waals surface area contributed by atoms with Crippen LogP contribution in [0.15, 0.2) is 48.5 Å². The second-order valence-corrected chi connectivity index (χ2v) is 5.53. The van der Waals surface area contributed by atoms with Gasteiger partial charge in [-0.2, -0.15) is 0 Å². The molecule has 0 fully saturated rings. The van der Waals surface area contributed by atoms with E-state index in [2.05, 4.69) is 30.4 Å². The number of hydrogen-bond acceptors (Lipinski definition) is 2. The second kappa shape index (κ2) is 8.44. The summed E-state index contributed by atoms with van der Waals surface area (Å²) in [5.41, 5.74) is 2.46. The van der Waals surface area contributed by atoms with E-state index in [9.17, 15) is 4.79 Å². The number of aryl methyl sites for hydroxylation is 1. The minimum absolute atomic E-state index is 0.0142. The van der Waals surface area contributed by atoms with E-state index in [1.807, 2.05) is 18.2 Å². The van der Waals surface area contributed by atoms with E-state index >= 15 is 0 Å². The van der Waals surface area contributed by atoms with Crippen LogP contribution in [0.3, 0.4) is 0 Å². The lowest BCUT2D eigenvalue weighted by Crippen LogP contribution is -2.27. The standard InChI is InChI=1S/C18H20ClNO2/c1-14-5-4-6-15(13-14)9-11-20-18(21)10-12-22-17-8-3-2-7-16(17)19/h2-8,13H,9-12H2,1H3,(H,20,21). The van der Waals surface area contributed by atoms with Gasteiger partial charge in [0.05, 0.1) is 18.1 Å². The van der Waals surface area contributed by atoms with Gasteiger partial charge < -0.3 is 10.1 Å². The highest BCUT2D eigenvalue weighted by Crippen LogP contribution is 2.22. The molecule has 1 N–H and O–H groups in total. The van der Waals surface area contributed by atoms with E-state index in [4.69, 9.17) is 16.3 Å². The maximum Gasteiger partial charge on any atom is 0.223 e. The molecule has 2 rings (SSSR count). The molecule has 0 heterocycles. The SMILES string of the molecule is Cc1cccc(CCNC(=O)CCOc2ccccc2Cl)c1. The van der Waals surface area contributed by atoms with Crippen molar-refractivity contribution in [1.29, 1.82) is 0 Å². The Kier molecular flexibility index (Phi) is 6.28. The number of hydrogen-bond donors (Lipinski definition) is 1. The van der Waals surface area contributed by atoms with Gasteiger partial charge in [0, 0.05) is 6.54 Å². The number of carbonyl (C=O) groups is 1. The minimum atomic E-state index is -0.0142. The van der Waals surface area contributed by atoms with Crippen LogP contribution in [0, 0.1) is 6.92 Å². The molecule has 0 aliphatic carbocycles. The van der Waals surface area contributed by atoms with Crippen molar-refractivity contribution in [2.45, 2.75) is 19.8 Å². The zero-order valence-corrected chi connectivity index (χ0v) is 13.4. The smallest absolute Gasteiger partial charge is 0.223 e. The van der Waals surface area contributed by atoms with Gasteiger partial charge in [0.25, 0.3) is 0 Å². The highest BCUT2D eigenvalue weighted by atomic mass is 35.5. The maximum absolute atomic E-state index is 11.8. The van der Waals surface area contributed by atoms with Crippen molar-refractivity contribution in [2.24, 2.45) is 0 Å². The molecule has 1 amide bonds. The minimum Gasteiger partial charge on any atom is -0.491 e. The quantitative estimate of drug-likeness (QED) is 0.844. The first kappa shape index (κ1) is 16.4. The molecule has 0 saturated heterocycles. The van der Waals surface area contributed by atoms with Crippen LogP contribution in [0.5, 0.6) is 5.75 Å². The van der Waals surface area contributed by atoms with Crippen LogP contribution in [-0.2, 0) is 11.2 Å². The molecule has 0 atom stereocenters. The second-order valence-electron chi connectivity index (χ2n) is 5.12. The van der Waals surface area contributed by atoms with Crippen LogP contribution in [-0.4, -0.2) is 19.1 Å². The summed E-state index contributed by atoms with van der Waals surface area (Å²) in [6.45, 7) is 3.02. The first-order valence-electron chi connectivity index (χ1n) is 7.35. The molecule has 0 unspecified atom stereocenters. The number of rotatable bonds is 7. The lowest BCUT2D eigenvalue weighted by molar-refractivity contribution is -0.121. The van der Waals surface area contributed by atoms with Gasteiger partial charge in [-0.05, 0) is 31.0 Å². The summed E-state index contributed by atoms with van der Waals surface area (Å²) >= 11 is 5.98. The van der Waals surface area contributed by atoms with Gasteiger partial charge in [0.1, 0.15) is 5.75 Å². The first-order valence-corrected chi connectivity index (χ1v) is 7.72. The van der Waals surface area contributed by atoms with E-state index in [0.717, 1.165) is 6.42 Å². The monoisotopic (exact) mass is 317 g/mol. The summed E-state index contributed by atoms with van der Waals surface area (Å²) in [6.07, 6.45) is 1.15. The molecule has 4 heteroatoms. The third-order valence-corrected chi connectivity index (χ3v) is 3.55. The number of halogens is 1. The highest BCUT2D eigenvalue weighted by Gasteiger charge is 2.04. The molecule has 3 nitrogen and oxygen atoms in total. The Balaban J connectivity index is 1.65. The number of ether oxygens (including phenoxy) is 1. The van der Waals surface area contributed by atoms with Gasteiger partial charge in [0.2, 0.25) is 5.91 Å². The molecule has 0 aromatic heterocycles. The molecule has 116 valence electrons. The summed E-state index contributed by atoms with van der Waals surface area (Å²) in [5, 5.41) is 3.46. The maximum atomic E-state index is 11.8. The Morgan fingerprint density at radius 2 is 2.00 bits per heavy atom. The third-order valence-electron chi connectivity index (χ3n) is 3.24. The van der Waals surface area contributed by atoms with Crippen LogP contribution in [0.4, 0.5) is 0 Å². The van der Waals surface area contributed by atoms with Crippen molar-refractivity contribution in [3.8, 4) is 5.75 Å². The van der Waals surface area contributed by atoms with Gasteiger partial charge >= 0.3 is 0 Å². The van der Waals surface area contributed by atoms with Gasteiger partial charge in [-0.25, -0.2) is 0 Å². The molecule has 2 aromatic rings. The number of para-hydroxylation sites is 1. The van der Waals surface area contributed by atoms with Crippen LogP contribution in [0.1, 0.15) is 17.5 Å². The predicted octanol–water partition coefficient (Wildman–Crippen LogP) is 3.78. The molecule has 22 heavy (non-hydrogen) atoms. The molecular formula is C18H20ClNO2. The highest BCUT2D eigenvalue weighted by molar-refractivity contribution is 6.32. The van der Waals surface area contributed by atoms with Gasteiger partial charge in [-0.3, -0.25) is 4.79 Å². The number of benzene rings is 2. The Bertz CT molecular complexity index is 628. The van der Waals surface area contributed by atoms with E-state index in [1.54, 1.807) is 12.1 Å². The van der Waals surface area contributed by atoms with Crippen molar-refractivity contribution in [3.05, 3.63) is 64.7 Å². The van der Waals surface area contributed by atoms with Crippen LogP contribution < -0.4 is 10.1 Å². The zero-order chi connectivity index (χ0) is 15.8. The Labute approximate surface area is 136 Å². The van der Waals surface area contributed by atoms with E-state index < -0.39 is 0 Å². The molecule has 0 aliphatic heterocycles. The van der Waals surface area contributed by atoms with Gasteiger partial charge in [-0.1, -0.05) is 53.6 Å². The average Bonchev–Trinajstić information content (AvgIpc) is 2.49. The average molecular weight is 318 g/mol. The van der Waals surface area contributed by atoms with Crippen molar-refractivity contribution in [2.75, 3.05) is 13.2 Å². The molecule has 2 aromatic carbocycles. The Morgan fingerprint density at radius 3 is 2.77 bits per heavy atom. The van der Waals surface area contributed by atoms with Crippen LogP contribution in [0.2, 0.25) is 5.02 Å². The van der Waals surface area contributed by atoms with Crippen molar-refractivity contribution < 1.29 is 9.53 Å². The number of amides is 1. The fourth-order valence-electron chi connectivity index (χ4n) is 2.12. The van der Waals surface area contributed by atoms with Crippen molar-refractivity contribution >= 4 is 17.5 Å². The molecule has 0 bridgehead atoms. The summed E-state index contributed by atoms with van der Waals surface area (Å²) in [4.78, 5) is 11.8. The lowest BCUT2D eigenvalue weighted by Gasteiger charge is -2.08. The molecule has 0 spiro atoms. The molecule has 0 aliphatic rings. The van der Waals surface area contributed by atoms with E-state index in [1.165, 1.54) is 11.1 Å². The number of carbonyl (C=O) groups excluding carboxylic acids is 1. The van der Waals surface area contributed by atoms with E-state index in [-0.39, 0.29) is 5.91 Å². The molecule has 0 radical (unpaired) electrons. The van der Waals surface area contributed by atoms with Gasteiger partial charge in [0.15, 0.2) is 0 Å². The van der Waals surface area contributed by atoms with E-state index in [0.29, 0.717) is 30.3 Å². The molecule has 0 saturated carbocycles. The zero-order valence-electron chi connectivity index (χ0n) is 12.6. The summed E-state index contributed by atoms with van der Waals surface area (Å²) < 4.78 is 5.49. The van der Waals surface area contributed by atoms with Gasteiger partial charge in [-0.15, -0.1) is 0 Å². The Morgan fingerprint density at radius 1 is 1.18 bits per heavy atom. The topological polar surface area (TPSA) is 38.3 Å². The number of nitrogens with one attached hydrogen (secondary N) is 1. The first-order chi connectivity index (χ1) is 10.6. The summed E-state index contributed by atoms with van der Waals surface area (Å²) in [6, 6.07) is 15.5. The van der Waals surface area contributed by atoms with Crippen molar-refractivity contribution in [3.63, 3.8) is 0 Å². The summed E-state index contributed by atoms with van der Waals surface area (Å²) in [7, 11) is 0. The third kappa shape index (κ3) is 5.41. The normalized spacial score (nSPS) is 10.3. The molecular weight excluding hydrogens is 298 g/mol. The Hall–Kier alpha value is -2.00. The fourth-order valence-corrected chi connectivity index (χ4v) is 2.31.